The lowest BCUT2D eigenvalue weighted by Gasteiger charge is -2.09. The van der Waals surface area contributed by atoms with Crippen LogP contribution in [0.4, 0.5) is 0 Å². The molecule has 4 heteroatoms. The second kappa shape index (κ2) is 7.67. The standard InChI is InChI=1S/C16H17BrClNO/c1-20-16-5-3-2-4-13(16)8-9-19-11-12-6-7-15(18)14(17)10-12/h2-7,10,19H,8-9,11H2,1H3. The number of nitrogens with one attached hydrogen (secondary N) is 1. The first-order valence-corrected chi connectivity index (χ1v) is 7.64. The lowest BCUT2D eigenvalue weighted by atomic mass is 10.1. The van der Waals surface area contributed by atoms with E-state index in [0.717, 1.165) is 34.8 Å². The molecule has 0 saturated heterocycles. The molecule has 0 aliphatic heterocycles. The van der Waals surface area contributed by atoms with Crippen molar-refractivity contribution in [3.8, 4) is 5.75 Å². The minimum Gasteiger partial charge on any atom is -0.496 e. The first-order chi connectivity index (χ1) is 9.70. The second-order valence-electron chi connectivity index (χ2n) is 4.49. The van der Waals surface area contributed by atoms with Crippen molar-refractivity contribution in [2.45, 2.75) is 13.0 Å². The summed E-state index contributed by atoms with van der Waals surface area (Å²) in [6.07, 6.45) is 0.943. The third-order valence-electron chi connectivity index (χ3n) is 3.08. The van der Waals surface area contributed by atoms with E-state index in [0.29, 0.717) is 0 Å². The molecule has 106 valence electrons. The van der Waals surface area contributed by atoms with Gasteiger partial charge in [0.05, 0.1) is 12.1 Å². The van der Waals surface area contributed by atoms with Crippen molar-refractivity contribution in [1.82, 2.24) is 5.32 Å². The molecular formula is C16H17BrClNO. The summed E-state index contributed by atoms with van der Waals surface area (Å²) in [5, 5.41) is 4.17. The SMILES string of the molecule is COc1ccccc1CCNCc1ccc(Cl)c(Br)c1. The zero-order valence-corrected chi connectivity index (χ0v) is 13.7. The van der Waals surface area contributed by atoms with Gasteiger partial charge in [-0.2, -0.15) is 0 Å². The number of hydrogen-bond acceptors (Lipinski definition) is 2. The Hall–Kier alpha value is -1.03. The van der Waals surface area contributed by atoms with Gasteiger partial charge in [-0.1, -0.05) is 35.9 Å². The molecule has 0 unspecified atom stereocenters. The normalized spacial score (nSPS) is 10.6. The molecule has 0 atom stereocenters. The average molecular weight is 355 g/mol. The molecule has 0 radical (unpaired) electrons. The van der Waals surface area contributed by atoms with Crippen molar-refractivity contribution < 1.29 is 4.74 Å². The summed E-state index contributed by atoms with van der Waals surface area (Å²) in [5.41, 5.74) is 2.43. The van der Waals surface area contributed by atoms with Crippen LogP contribution in [0, 0.1) is 0 Å². The van der Waals surface area contributed by atoms with Gasteiger partial charge < -0.3 is 10.1 Å². The third-order valence-corrected chi connectivity index (χ3v) is 4.29. The molecule has 0 heterocycles. The summed E-state index contributed by atoms with van der Waals surface area (Å²) in [7, 11) is 1.71. The van der Waals surface area contributed by atoms with Gasteiger partial charge in [-0.3, -0.25) is 0 Å². The predicted octanol–water partition coefficient (Wildman–Crippen LogP) is 4.44. The number of methoxy groups -OCH3 is 1. The summed E-state index contributed by atoms with van der Waals surface area (Å²) in [5.74, 6) is 0.948. The molecule has 20 heavy (non-hydrogen) atoms. The topological polar surface area (TPSA) is 21.3 Å². The van der Waals surface area contributed by atoms with Crippen LogP contribution in [-0.2, 0) is 13.0 Å². The van der Waals surface area contributed by atoms with Gasteiger partial charge in [-0.25, -0.2) is 0 Å². The van der Waals surface area contributed by atoms with Gasteiger partial charge in [0, 0.05) is 11.0 Å². The Morgan fingerprint density at radius 2 is 2.00 bits per heavy atom. The molecule has 2 aromatic carbocycles. The van der Waals surface area contributed by atoms with Crippen LogP contribution in [0.3, 0.4) is 0 Å². The second-order valence-corrected chi connectivity index (χ2v) is 5.75. The molecule has 2 rings (SSSR count). The van der Waals surface area contributed by atoms with Gasteiger partial charge >= 0.3 is 0 Å². The zero-order chi connectivity index (χ0) is 14.4. The van der Waals surface area contributed by atoms with Crippen LogP contribution in [0.15, 0.2) is 46.9 Å². The molecular weight excluding hydrogens is 338 g/mol. The number of ether oxygens (including phenoxy) is 1. The minimum absolute atomic E-state index is 0.739. The smallest absolute Gasteiger partial charge is 0.122 e. The Morgan fingerprint density at radius 1 is 1.20 bits per heavy atom. The van der Waals surface area contributed by atoms with Crippen LogP contribution >= 0.6 is 27.5 Å². The maximum absolute atomic E-state index is 5.97. The molecule has 1 N–H and O–H groups in total. The highest BCUT2D eigenvalue weighted by molar-refractivity contribution is 9.10. The molecule has 0 bridgehead atoms. The summed E-state index contributed by atoms with van der Waals surface area (Å²) in [6.45, 7) is 1.73. The van der Waals surface area contributed by atoms with Crippen LogP contribution < -0.4 is 10.1 Å². The Kier molecular flexibility index (Phi) is 5.89. The summed E-state index contributed by atoms with van der Waals surface area (Å²) < 4.78 is 6.27. The van der Waals surface area contributed by atoms with Gasteiger partial charge in [0.15, 0.2) is 0 Å². The van der Waals surface area contributed by atoms with E-state index in [1.165, 1.54) is 11.1 Å². The van der Waals surface area contributed by atoms with Gasteiger partial charge in [-0.15, -0.1) is 0 Å². The van der Waals surface area contributed by atoms with Crippen molar-refractivity contribution in [2.24, 2.45) is 0 Å². The quantitative estimate of drug-likeness (QED) is 0.774. The van der Waals surface area contributed by atoms with Gasteiger partial charge in [0.2, 0.25) is 0 Å². The molecule has 0 amide bonds. The first-order valence-electron chi connectivity index (χ1n) is 6.47. The zero-order valence-electron chi connectivity index (χ0n) is 11.3. The highest BCUT2D eigenvalue weighted by Gasteiger charge is 2.02. The number of rotatable bonds is 6. The highest BCUT2D eigenvalue weighted by Crippen LogP contribution is 2.23. The first kappa shape index (κ1) is 15.4. The van der Waals surface area contributed by atoms with E-state index in [1.807, 2.05) is 36.4 Å². The molecule has 0 aromatic heterocycles. The summed E-state index contributed by atoms with van der Waals surface area (Å²) >= 11 is 9.41. The third kappa shape index (κ3) is 4.23. The summed E-state index contributed by atoms with van der Waals surface area (Å²) in [4.78, 5) is 0. The number of hydrogen-bond donors (Lipinski definition) is 1. The Bertz CT molecular complexity index is 574. The van der Waals surface area contributed by atoms with Crippen molar-refractivity contribution >= 4 is 27.5 Å². The van der Waals surface area contributed by atoms with E-state index in [1.54, 1.807) is 7.11 Å². The van der Waals surface area contributed by atoms with E-state index in [4.69, 9.17) is 16.3 Å². The minimum atomic E-state index is 0.739. The maximum atomic E-state index is 5.97. The monoisotopic (exact) mass is 353 g/mol. The Balaban J connectivity index is 1.83. The van der Waals surface area contributed by atoms with Crippen LogP contribution in [0.25, 0.3) is 0 Å². The van der Waals surface area contributed by atoms with E-state index in [2.05, 4.69) is 27.3 Å². The van der Waals surface area contributed by atoms with E-state index < -0.39 is 0 Å². The van der Waals surface area contributed by atoms with Crippen LogP contribution in [0.2, 0.25) is 5.02 Å². The van der Waals surface area contributed by atoms with Crippen molar-refractivity contribution in [2.75, 3.05) is 13.7 Å². The van der Waals surface area contributed by atoms with E-state index in [9.17, 15) is 0 Å². The van der Waals surface area contributed by atoms with E-state index in [-0.39, 0.29) is 0 Å². The van der Waals surface area contributed by atoms with Gasteiger partial charge in [0.25, 0.3) is 0 Å². The number of halogens is 2. The Morgan fingerprint density at radius 3 is 2.75 bits per heavy atom. The van der Waals surface area contributed by atoms with E-state index >= 15 is 0 Å². The lowest BCUT2D eigenvalue weighted by molar-refractivity contribution is 0.409. The van der Waals surface area contributed by atoms with Crippen molar-refractivity contribution in [3.05, 3.63) is 63.1 Å². The van der Waals surface area contributed by atoms with Crippen LogP contribution in [0.1, 0.15) is 11.1 Å². The van der Waals surface area contributed by atoms with Crippen LogP contribution in [-0.4, -0.2) is 13.7 Å². The average Bonchev–Trinajstić information content (AvgIpc) is 2.47. The molecule has 2 nitrogen and oxygen atoms in total. The highest BCUT2D eigenvalue weighted by atomic mass is 79.9. The molecule has 0 fully saturated rings. The van der Waals surface area contributed by atoms with Crippen molar-refractivity contribution in [1.29, 1.82) is 0 Å². The van der Waals surface area contributed by atoms with Gasteiger partial charge in [-0.05, 0) is 58.2 Å². The fourth-order valence-electron chi connectivity index (χ4n) is 2.01. The fourth-order valence-corrected chi connectivity index (χ4v) is 2.56. The molecule has 0 aliphatic carbocycles. The van der Waals surface area contributed by atoms with Gasteiger partial charge in [0.1, 0.15) is 5.75 Å². The maximum Gasteiger partial charge on any atom is 0.122 e. The summed E-state index contributed by atoms with van der Waals surface area (Å²) in [6, 6.07) is 14.1. The fraction of sp³-hybridized carbons (Fsp3) is 0.250. The number of benzene rings is 2. The predicted molar refractivity (Wildman–Crippen MR) is 87.6 cm³/mol. The molecule has 2 aromatic rings. The van der Waals surface area contributed by atoms with Crippen LogP contribution in [0.5, 0.6) is 5.75 Å². The molecule has 0 spiro atoms. The Labute approximate surface area is 133 Å². The van der Waals surface area contributed by atoms with Crippen molar-refractivity contribution in [3.63, 3.8) is 0 Å². The molecule has 0 saturated carbocycles. The number of para-hydroxylation sites is 1. The largest absolute Gasteiger partial charge is 0.496 e. The molecule has 0 aliphatic rings. The lowest BCUT2D eigenvalue weighted by Crippen LogP contribution is -2.16.